The summed E-state index contributed by atoms with van der Waals surface area (Å²) in [5, 5.41) is 21.5. The van der Waals surface area contributed by atoms with E-state index >= 15 is 0 Å². The molecule has 0 spiro atoms. The minimum Gasteiger partial charge on any atom is -0.481 e. The minimum atomic E-state index is -4.57. The van der Waals surface area contributed by atoms with E-state index in [2.05, 4.69) is 72.0 Å². The molecular formula is C63H82N3O15S2+. The molecule has 2 heterocycles. The molecule has 0 unspecified atom stereocenters. The molecule has 0 bridgehead atoms. The zero-order chi connectivity index (χ0) is 60.7. The molecule has 0 saturated carbocycles. The summed E-state index contributed by atoms with van der Waals surface area (Å²) in [5.41, 5.74) is 6.39. The van der Waals surface area contributed by atoms with E-state index in [1.54, 1.807) is 6.07 Å². The SMILES string of the molecule is CCCC[N+]1=C(C=CC2=C(Oc3ccc(S(=O)(=O)O)cc3)C(=CC=C3N(CCCCCC(=O)C[C@@H](CCC(=O)O)C(=O)N[C@@H](CCC(=O)O)C(=O)CCCOCCC)c4ccc(S(=O)(=O)O)cc4C3(C)C)CCC2)C(C)(C)c2ccccc21. The molecular weight excluding hydrogens is 1100 g/mol. The van der Waals surface area contributed by atoms with E-state index < -0.39 is 61.9 Å². The van der Waals surface area contributed by atoms with Gasteiger partial charge in [0.15, 0.2) is 11.5 Å². The fourth-order valence-corrected chi connectivity index (χ4v) is 12.2. The Labute approximate surface area is 488 Å². The predicted molar refractivity (Wildman–Crippen MR) is 316 cm³/mol. The number of nitrogens with zero attached hydrogens (tertiary/aromatic N) is 2. The van der Waals surface area contributed by atoms with Crippen LogP contribution < -0.4 is 15.0 Å². The van der Waals surface area contributed by atoms with E-state index in [9.17, 15) is 60.1 Å². The second kappa shape index (κ2) is 29.3. The quantitative estimate of drug-likeness (QED) is 0.0215. The van der Waals surface area contributed by atoms with Crippen molar-refractivity contribution in [1.82, 2.24) is 5.32 Å². The summed E-state index contributed by atoms with van der Waals surface area (Å²) in [7, 11) is -9.04. The van der Waals surface area contributed by atoms with Crippen molar-refractivity contribution in [3.8, 4) is 5.75 Å². The molecule has 0 radical (unpaired) electrons. The van der Waals surface area contributed by atoms with E-state index in [1.165, 1.54) is 47.6 Å². The lowest BCUT2D eigenvalue weighted by atomic mass is 9.81. The van der Waals surface area contributed by atoms with Gasteiger partial charge in [0.05, 0.1) is 21.2 Å². The number of rotatable bonds is 33. The average molecular weight is 1190 g/mol. The summed E-state index contributed by atoms with van der Waals surface area (Å²) < 4.78 is 83.5. The smallest absolute Gasteiger partial charge is 0.303 e. The highest BCUT2D eigenvalue weighted by Gasteiger charge is 2.44. The number of ether oxygens (including phenoxy) is 2. The minimum absolute atomic E-state index is 0.0365. The molecule has 450 valence electrons. The number of benzene rings is 3. The monoisotopic (exact) mass is 1180 g/mol. The number of para-hydroxylation sites is 1. The topological polar surface area (TPSA) is 271 Å². The number of carboxylic acids is 2. The molecule has 3 aromatic carbocycles. The highest BCUT2D eigenvalue weighted by molar-refractivity contribution is 7.86. The molecule has 2 aliphatic heterocycles. The number of Topliss-reactive ketones (excluding diaryl/α,β-unsaturated/α-hetero) is 2. The number of allylic oxidation sites excluding steroid dienone is 7. The number of fused-ring (bicyclic) bond motifs is 2. The Morgan fingerprint density at radius 2 is 1.41 bits per heavy atom. The number of carbonyl (C=O) groups is 5. The van der Waals surface area contributed by atoms with Crippen LogP contribution in [0.5, 0.6) is 5.75 Å². The highest BCUT2D eigenvalue weighted by Crippen LogP contribution is 2.49. The van der Waals surface area contributed by atoms with E-state index in [0.29, 0.717) is 75.4 Å². The van der Waals surface area contributed by atoms with E-state index in [1.807, 2.05) is 32.9 Å². The van der Waals surface area contributed by atoms with Gasteiger partial charge in [-0.15, -0.1) is 0 Å². The van der Waals surface area contributed by atoms with Gasteiger partial charge in [-0.05, 0) is 143 Å². The Bertz CT molecular complexity index is 3260. The first kappa shape index (κ1) is 65.6. The van der Waals surface area contributed by atoms with Crippen molar-refractivity contribution in [2.24, 2.45) is 5.92 Å². The molecule has 6 rings (SSSR count). The molecule has 1 amide bonds. The zero-order valence-electron chi connectivity index (χ0n) is 48.7. The summed E-state index contributed by atoms with van der Waals surface area (Å²) in [5.74, 6) is -3.80. The molecule has 0 aromatic heterocycles. The Morgan fingerprint density at radius 3 is 2.08 bits per heavy atom. The van der Waals surface area contributed by atoms with Crippen molar-refractivity contribution < 1.29 is 74.2 Å². The van der Waals surface area contributed by atoms with Gasteiger partial charge in [-0.25, -0.2) is 0 Å². The third kappa shape index (κ3) is 17.5. The van der Waals surface area contributed by atoms with Crippen LogP contribution >= 0.6 is 0 Å². The second-order valence-electron chi connectivity index (χ2n) is 22.7. The number of anilines is 1. The van der Waals surface area contributed by atoms with Crippen LogP contribution in [0.4, 0.5) is 11.4 Å². The molecule has 3 aromatic rings. The first-order valence-corrected chi connectivity index (χ1v) is 31.7. The number of hydrogen-bond donors (Lipinski definition) is 5. The number of ketones is 2. The van der Waals surface area contributed by atoms with Crippen molar-refractivity contribution >= 4 is 66.7 Å². The van der Waals surface area contributed by atoms with Gasteiger partial charge >= 0.3 is 11.9 Å². The molecule has 5 N–H and O–H groups in total. The lowest BCUT2D eigenvalue weighted by Crippen LogP contribution is -2.44. The largest absolute Gasteiger partial charge is 0.481 e. The summed E-state index contributed by atoms with van der Waals surface area (Å²) in [6.45, 7) is 14.6. The number of aliphatic carboxylic acids is 2. The van der Waals surface area contributed by atoms with Gasteiger partial charge in [0, 0.05) is 98.7 Å². The molecule has 18 nitrogen and oxygen atoms in total. The van der Waals surface area contributed by atoms with Gasteiger partial charge in [-0.1, -0.05) is 64.8 Å². The van der Waals surface area contributed by atoms with Crippen LogP contribution in [-0.4, -0.2) is 108 Å². The first-order chi connectivity index (χ1) is 39.3. The van der Waals surface area contributed by atoms with Gasteiger partial charge in [-0.2, -0.15) is 21.4 Å². The number of carbonyl (C=O) groups excluding carboxylic acids is 3. The van der Waals surface area contributed by atoms with Gasteiger partial charge < -0.3 is 29.9 Å². The lowest BCUT2D eigenvalue weighted by molar-refractivity contribution is -0.438. The molecule has 0 fully saturated rings. The van der Waals surface area contributed by atoms with Gasteiger partial charge in [0.25, 0.3) is 20.2 Å². The fourth-order valence-electron chi connectivity index (χ4n) is 11.2. The molecule has 2 atom stereocenters. The van der Waals surface area contributed by atoms with Crippen molar-refractivity contribution in [1.29, 1.82) is 0 Å². The maximum absolute atomic E-state index is 13.7. The highest BCUT2D eigenvalue weighted by atomic mass is 32.2. The van der Waals surface area contributed by atoms with Crippen molar-refractivity contribution in [2.75, 3.05) is 31.2 Å². The van der Waals surface area contributed by atoms with E-state index in [-0.39, 0.29) is 65.3 Å². The molecule has 20 heteroatoms. The van der Waals surface area contributed by atoms with Crippen molar-refractivity contribution in [3.05, 3.63) is 125 Å². The van der Waals surface area contributed by atoms with Gasteiger partial charge in [-0.3, -0.25) is 33.1 Å². The summed E-state index contributed by atoms with van der Waals surface area (Å²) in [4.78, 5) is 65.0. The Morgan fingerprint density at radius 1 is 0.723 bits per heavy atom. The van der Waals surface area contributed by atoms with Crippen LogP contribution in [0.25, 0.3) is 0 Å². The second-order valence-corrected chi connectivity index (χ2v) is 25.5. The van der Waals surface area contributed by atoms with Gasteiger partial charge in [0.1, 0.15) is 23.8 Å². The van der Waals surface area contributed by atoms with Crippen LogP contribution in [0, 0.1) is 5.92 Å². The normalized spacial score (nSPS) is 17.5. The van der Waals surface area contributed by atoms with Crippen molar-refractivity contribution in [2.45, 2.75) is 177 Å². The third-order valence-corrected chi connectivity index (χ3v) is 17.4. The Kier molecular flexibility index (Phi) is 23.1. The van der Waals surface area contributed by atoms with E-state index in [4.69, 9.17) is 9.47 Å². The molecule has 1 aliphatic carbocycles. The Hall–Kier alpha value is -6.58. The first-order valence-electron chi connectivity index (χ1n) is 28.9. The zero-order valence-corrected chi connectivity index (χ0v) is 50.3. The maximum Gasteiger partial charge on any atom is 0.303 e. The number of amides is 1. The molecule has 0 saturated heterocycles. The number of carboxylic acid groups (broad SMARTS) is 2. The van der Waals surface area contributed by atoms with Crippen LogP contribution in [0.1, 0.15) is 162 Å². The van der Waals surface area contributed by atoms with Crippen molar-refractivity contribution in [3.63, 3.8) is 0 Å². The lowest BCUT2D eigenvalue weighted by Gasteiger charge is -2.27. The summed E-state index contributed by atoms with van der Waals surface area (Å²) in [6.07, 6.45) is 13.8. The fraction of sp³-hybridized carbons (Fsp3) is 0.492. The number of unbranched alkanes of at least 4 members (excludes halogenated alkanes) is 3. The van der Waals surface area contributed by atoms with Crippen LogP contribution in [0.2, 0.25) is 0 Å². The standard InChI is InChI=1S/C63H81N3O15S2/c1-7-9-37-65-53-21-13-12-20-50(53)62(3,4)56(65)33-23-43-17-15-18-44(60(43)81-47-26-28-48(29-27-47)82(74,75)76)24-34-57-63(5,6)51-42-49(83(77,78)79)30-32-54(51)66(57)38-14-10-11-19-46(67)41-45(25-35-58(69)70)61(73)64-52(31-36-59(71)72)55(68)22-16-40-80-39-8-2/h12-13,20-21,23-24,26-30,32-34,42,45,52H,7-11,14-19,22,25,31,35-41H2,1-6H3,(H4-,64,69,70,71,72,73,74,75,76,77,78,79)/p+1/t45-,52+/m1/s1. The van der Waals surface area contributed by atoms with E-state index in [0.717, 1.165) is 60.5 Å². The van der Waals surface area contributed by atoms with Crippen LogP contribution in [0.3, 0.4) is 0 Å². The number of hydrogen-bond acceptors (Lipinski definition) is 12. The van der Waals surface area contributed by atoms with Gasteiger partial charge in [0.2, 0.25) is 11.6 Å². The number of nitrogens with one attached hydrogen (secondary N) is 1. The molecule has 83 heavy (non-hydrogen) atoms. The van der Waals surface area contributed by atoms with Crippen LogP contribution in [-0.2, 0) is 59.8 Å². The van der Waals surface area contributed by atoms with Crippen LogP contribution in [0.15, 0.2) is 123 Å². The summed E-state index contributed by atoms with van der Waals surface area (Å²) >= 11 is 0. The Balaban J connectivity index is 1.26. The third-order valence-electron chi connectivity index (χ3n) is 15.7. The molecule has 3 aliphatic rings. The average Bonchev–Trinajstić information content (AvgIpc) is 3.07. The predicted octanol–water partition coefficient (Wildman–Crippen LogP) is 11.2. The maximum atomic E-state index is 13.7. The summed E-state index contributed by atoms with van der Waals surface area (Å²) in [6, 6.07) is 17.4.